The minimum atomic E-state index is -4.71. The van der Waals surface area contributed by atoms with Crippen LogP contribution >= 0.6 is 0 Å². The van der Waals surface area contributed by atoms with Gasteiger partial charge in [-0.1, -0.05) is 67.6 Å². The van der Waals surface area contributed by atoms with Gasteiger partial charge in [-0.2, -0.15) is 17.7 Å². The first kappa shape index (κ1) is 24.8. The highest BCUT2D eigenvalue weighted by Crippen LogP contribution is 2.33. The Morgan fingerprint density at radius 1 is 1.03 bits per heavy atom. The fourth-order valence-electron chi connectivity index (χ4n) is 4.71. The molecule has 1 aliphatic rings. The van der Waals surface area contributed by atoms with Crippen LogP contribution in [0.3, 0.4) is 0 Å². The molecule has 37 heavy (non-hydrogen) atoms. The van der Waals surface area contributed by atoms with Crippen molar-refractivity contribution < 1.29 is 17.9 Å². The zero-order valence-electron chi connectivity index (χ0n) is 20.3. The van der Waals surface area contributed by atoms with Crippen molar-refractivity contribution in [3.05, 3.63) is 89.9 Å². The summed E-state index contributed by atoms with van der Waals surface area (Å²) in [4.78, 5) is 2.21. The largest absolute Gasteiger partial charge is 0.470 e. The molecule has 0 radical (unpaired) electrons. The van der Waals surface area contributed by atoms with Crippen molar-refractivity contribution in [1.82, 2.24) is 24.7 Å². The molecule has 2 aromatic carbocycles. The summed E-state index contributed by atoms with van der Waals surface area (Å²) in [5, 5.41) is 12.3. The summed E-state index contributed by atoms with van der Waals surface area (Å²) in [6, 6.07) is 17.2. The Morgan fingerprint density at radius 3 is 2.46 bits per heavy atom. The van der Waals surface area contributed by atoms with E-state index in [1.807, 2.05) is 36.4 Å². The van der Waals surface area contributed by atoms with Crippen LogP contribution in [0.1, 0.15) is 30.7 Å². The van der Waals surface area contributed by atoms with E-state index in [9.17, 15) is 13.2 Å². The SMILES string of the molecule is CCC(CN1C(COc2nn3c(C(F)(F)F)nnc3c3ccccc23)=CC=C[C@H]1CN)c1ccccc1. The lowest BCUT2D eigenvalue weighted by molar-refractivity contribution is -0.146. The van der Waals surface area contributed by atoms with Gasteiger partial charge in [-0.15, -0.1) is 15.3 Å². The van der Waals surface area contributed by atoms with Crippen molar-refractivity contribution in [2.75, 3.05) is 19.7 Å². The first-order valence-electron chi connectivity index (χ1n) is 12.1. The number of alkyl halides is 3. The first-order chi connectivity index (χ1) is 17.9. The summed E-state index contributed by atoms with van der Waals surface area (Å²) in [5.41, 5.74) is 8.24. The zero-order valence-corrected chi connectivity index (χ0v) is 20.3. The van der Waals surface area contributed by atoms with Crippen LogP contribution < -0.4 is 10.5 Å². The summed E-state index contributed by atoms with van der Waals surface area (Å²) in [5.74, 6) is -0.855. The highest BCUT2D eigenvalue weighted by Gasteiger charge is 2.38. The molecule has 1 unspecified atom stereocenters. The van der Waals surface area contributed by atoms with Gasteiger partial charge in [0, 0.05) is 29.8 Å². The van der Waals surface area contributed by atoms with Gasteiger partial charge in [0.2, 0.25) is 5.88 Å². The average Bonchev–Trinajstić information content (AvgIpc) is 3.36. The van der Waals surface area contributed by atoms with Crippen molar-refractivity contribution in [3.8, 4) is 5.88 Å². The van der Waals surface area contributed by atoms with Gasteiger partial charge in [-0.3, -0.25) is 0 Å². The Morgan fingerprint density at radius 2 is 1.76 bits per heavy atom. The molecule has 2 N–H and O–H groups in total. The predicted molar refractivity (Wildman–Crippen MR) is 135 cm³/mol. The van der Waals surface area contributed by atoms with Crippen LogP contribution in [0.5, 0.6) is 5.88 Å². The number of aromatic nitrogens is 4. The number of hydrogen-bond donors (Lipinski definition) is 1. The van der Waals surface area contributed by atoms with Crippen LogP contribution in [-0.2, 0) is 6.18 Å². The quantitative estimate of drug-likeness (QED) is 0.363. The topological polar surface area (TPSA) is 81.6 Å². The molecule has 4 aromatic rings. The lowest BCUT2D eigenvalue weighted by Crippen LogP contribution is -2.43. The summed E-state index contributed by atoms with van der Waals surface area (Å²) >= 11 is 0. The van der Waals surface area contributed by atoms with Gasteiger partial charge < -0.3 is 15.4 Å². The minimum absolute atomic E-state index is 0.0218. The van der Waals surface area contributed by atoms with Crippen LogP contribution in [0.15, 0.2) is 78.5 Å². The molecule has 2 aromatic heterocycles. The maximum Gasteiger partial charge on any atom is 0.453 e. The van der Waals surface area contributed by atoms with E-state index in [-0.39, 0.29) is 30.1 Å². The minimum Gasteiger partial charge on any atom is -0.470 e. The number of ether oxygens (including phenoxy) is 1. The fourth-order valence-corrected chi connectivity index (χ4v) is 4.71. The van der Waals surface area contributed by atoms with E-state index in [0.29, 0.717) is 21.8 Å². The van der Waals surface area contributed by atoms with Gasteiger partial charge in [0.25, 0.3) is 5.82 Å². The molecule has 192 valence electrons. The van der Waals surface area contributed by atoms with E-state index in [2.05, 4.69) is 39.3 Å². The first-order valence-corrected chi connectivity index (χ1v) is 12.1. The van der Waals surface area contributed by atoms with E-state index in [0.717, 1.165) is 18.7 Å². The van der Waals surface area contributed by atoms with Crippen LogP contribution in [-0.4, -0.2) is 50.4 Å². The lowest BCUT2D eigenvalue weighted by atomic mass is 9.94. The second-order valence-corrected chi connectivity index (χ2v) is 8.91. The van der Waals surface area contributed by atoms with Gasteiger partial charge in [-0.25, -0.2) is 0 Å². The van der Waals surface area contributed by atoms with Crippen LogP contribution in [0, 0.1) is 0 Å². The molecule has 0 aliphatic carbocycles. The Bertz CT molecular complexity index is 1450. The molecule has 0 saturated carbocycles. The molecule has 10 heteroatoms. The second kappa shape index (κ2) is 10.2. The average molecular weight is 509 g/mol. The maximum absolute atomic E-state index is 13.5. The molecule has 0 saturated heterocycles. The highest BCUT2D eigenvalue weighted by atomic mass is 19.4. The van der Waals surface area contributed by atoms with Crippen molar-refractivity contribution >= 4 is 16.4 Å². The normalized spacial score (nSPS) is 16.8. The van der Waals surface area contributed by atoms with Gasteiger partial charge >= 0.3 is 6.18 Å². The number of hydrogen-bond acceptors (Lipinski definition) is 6. The fraction of sp³-hybridized carbons (Fsp3) is 0.296. The van der Waals surface area contributed by atoms with Crippen molar-refractivity contribution in [2.45, 2.75) is 31.5 Å². The predicted octanol–water partition coefficient (Wildman–Crippen LogP) is 4.95. The molecule has 2 atom stereocenters. The summed E-state index contributed by atoms with van der Waals surface area (Å²) in [7, 11) is 0. The van der Waals surface area contributed by atoms with E-state index in [1.54, 1.807) is 24.3 Å². The molecule has 0 bridgehead atoms. The smallest absolute Gasteiger partial charge is 0.453 e. The van der Waals surface area contributed by atoms with Crippen LogP contribution in [0.25, 0.3) is 16.4 Å². The summed E-state index contributed by atoms with van der Waals surface area (Å²) < 4.78 is 47.5. The molecular weight excluding hydrogens is 481 g/mol. The zero-order chi connectivity index (χ0) is 26.0. The van der Waals surface area contributed by atoms with Crippen molar-refractivity contribution in [2.24, 2.45) is 5.73 Å². The Balaban J connectivity index is 1.47. The molecular formula is C27H27F3N6O. The van der Waals surface area contributed by atoms with Gasteiger partial charge in [0.05, 0.1) is 11.7 Å². The number of allylic oxidation sites excluding steroid dienone is 2. The van der Waals surface area contributed by atoms with Gasteiger partial charge in [0.15, 0.2) is 5.65 Å². The van der Waals surface area contributed by atoms with E-state index >= 15 is 0 Å². The van der Waals surface area contributed by atoms with Crippen molar-refractivity contribution in [1.29, 1.82) is 0 Å². The summed E-state index contributed by atoms with van der Waals surface area (Å²) in [6.45, 7) is 3.40. The number of fused-ring (bicyclic) bond motifs is 3. The lowest BCUT2D eigenvalue weighted by Gasteiger charge is -2.37. The number of halogens is 3. The number of nitrogens with two attached hydrogens (primary N) is 1. The Kier molecular flexibility index (Phi) is 6.84. The molecule has 0 spiro atoms. The van der Waals surface area contributed by atoms with Crippen molar-refractivity contribution in [3.63, 3.8) is 0 Å². The highest BCUT2D eigenvalue weighted by molar-refractivity contribution is 5.96. The molecule has 7 nitrogen and oxygen atoms in total. The third-order valence-electron chi connectivity index (χ3n) is 6.65. The Labute approximate surface area is 212 Å². The monoisotopic (exact) mass is 508 g/mol. The Hall–Kier alpha value is -3.92. The molecule has 5 rings (SSSR count). The van der Waals surface area contributed by atoms with Gasteiger partial charge in [-0.05, 0) is 24.1 Å². The third-order valence-corrected chi connectivity index (χ3v) is 6.65. The second-order valence-electron chi connectivity index (χ2n) is 8.91. The maximum atomic E-state index is 13.5. The van der Waals surface area contributed by atoms with E-state index < -0.39 is 12.0 Å². The van der Waals surface area contributed by atoms with E-state index in [4.69, 9.17) is 10.5 Å². The summed E-state index contributed by atoms with van der Waals surface area (Å²) in [6.07, 6.45) is 2.16. The molecule has 1 aliphatic heterocycles. The van der Waals surface area contributed by atoms with Crippen LogP contribution in [0.4, 0.5) is 13.2 Å². The number of rotatable bonds is 8. The third kappa shape index (κ3) is 4.89. The van der Waals surface area contributed by atoms with Gasteiger partial charge in [0.1, 0.15) is 6.61 Å². The van der Waals surface area contributed by atoms with E-state index in [1.165, 1.54) is 5.56 Å². The number of nitrogens with zero attached hydrogens (tertiary/aromatic N) is 5. The van der Waals surface area contributed by atoms with Crippen LogP contribution in [0.2, 0.25) is 0 Å². The number of benzene rings is 2. The standard InChI is InChI=1S/C27H27F3N6O/c1-2-18(19-9-4-3-5-10-19)16-35-20(15-31)11-8-12-21(35)17-37-25-23-14-7-6-13-22(23)24-32-33-26(27(28,29)30)36(24)34-25/h3-14,18,20H,2,15-17,31H2,1H3/t18?,20-/m0/s1. The molecule has 0 amide bonds. The molecule has 3 heterocycles. The molecule has 0 fully saturated rings.